The van der Waals surface area contributed by atoms with Gasteiger partial charge in [-0.1, -0.05) is 29.8 Å². The molecule has 0 saturated carbocycles. The van der Waals surface area contributed by atoms with Crippen molar-refractivity contribution in [3.05, 3.63) is 52.4 Å². The van der Waals surface area contributed by atoms with E-state index in [4.69, 9.17) is 22.1 Å². The van der Waals surface area contributed by atoms with Gasteiger partial charge in [-0.05, 0) is 24.3 Å². The van der Waals surface area contributed by atoms with Crippen molar-refractivity contribution in [2.24, 2.45) is 0 Å². The number of methoxy groups -OCH3 is 1. The molecule has 0 aliphatic rings. The lowest BCUT2D eigenvalue weighted by Crippen LogP contribution is -2.11. The number of hydrogen-bond acceptors (Lipinski definition) is 4. The molecule has 0 aliphatic carbocycles. The Morgan fingerprint density at radius 3 is 2.73 bits per heavy atom. The van der Waals surface area contributed by atoms with Gasteiger partial charge >= 0.3 is 0 Å². The van der Waals surface area contributed by atoms with E-state index in [1.807, 2.05) is 24.3 Å². The Hall–Kier alpha value is -2.24. The Bertz CT molecular complexity index is 860. The van der Waals surface area contributed by atoms with E-state index in [-0.39, 0.29) is 5.91 Å². The lowest BCUT2D eigenvalue weighted by Gasteiger charge is -2.08. The molecular weight excluding hydrogens is 320 g/mol. The molecule has 0 atom stereocenters. The number of rotatable bonds is 3. The minimum Gasteiger partial charge on any atom is -0.495 e. The molecule has 0 radical (unpaired) electrons. The number of nitrogen functional groups attached to an aromatic ring is 1. The summed E-state index contributed by atoms with van der Waals surface area (Å²) in [7, 11) is 1.54. The zero-order valence-corrected chi connectivity index (χ0v) is 13.3. The number of ether oxygens (including phenoxy) is 1. The van der Waals surface area contributed by atoms with Gasteiger partial charge < -0.3 is 15.8 Å². The molecule has 0 unspecified atom stereocenters. The normalized spacial score (nSPS) is 10.6. The second-order valence-electron chi connectivity index (χ2n) is 4.65. The van der Waals surface area contributed by atoms with Crippen LogP contribution in [0, 0.1) is 0 Å². The molecule has 1 heterocycles. The zero-order chi connectivity index (χ0) is 15.7. The molecule has 112 valence electrons. The topological polar surface area (TPSA) is 64.3 Å². The maximum absolute atomic E-state index is 12.4. The molecule has 0 bridgehead atoms. The van der Waals surface area contributed by atoms with Crippen molar-refractivity contribution in [3.63, 3.8) is 0 Å². The van der Waals surface area contributed by atoms with Gasteiger partial charge in [0.1, 0.15) is 10.6 Å². The molecule has 0 saturated heterocycles. The summed E-state index contributed by atoms with van der Waals surface area (Å²) in [5.41, 5.74) is 6.89. The molecule has 4 nitrogen and oxygen atoms in total. The highest BCUT2D eigenvalue weighted by molar-refractivity contribution is 7.21. The maximum Gasteiger partial charge on any atom is 0.267 e. The van der Waals surface area contributed by atoms with Gasteiger partial charge in [-0.3, -0.25) is 4.79 Å². The molecule has 0 spiro atoms. The fraction of sp³-hybridized carbons (Fsp3) is 0.0625. The van der Waals surface area contributed by atoms with Gasteiger partial charge in [0.2, 0.25) is 0 Å². The van der Waals surface area contributed by atoms with Crippen LogP contribution in [0.15, 0.2) is 42.5 Å². The minimum absolute atomic E-state index is 0.254. The number of thiophene rings is 1. The van der Waals surface area contributed by atoms with Crippen LogP contribution in [0.1, 0.15) is 9.67 Å². The molecule has 3 rings (SSSR count). The third kappa shape index (κ3) is 2.61. The predicted molar refractivity (Wildman–Crippen MR) is 92.2 cm³/mol. The summed E-state index contributed by atoms with van der Waals surface area (Å²) >= 11 is 7.67. The van der Waals surface area contributed by atoms with Crippen molar-refractivity contribution in [1.29, 1.82) is 0 Å². The lowest BCUT2D eigenvalue weighted by atomic mass is 10.2. The molecule has 6 heteroatoms. The molecule has 22 heavy (non-hydrogen) atoms. The Balaban J connectivity index is 1.90. The number of carbonyl (C=O) groups excluding carboxylic acids is 1. The highest BCUT2D eigenvalue weighted by Gasteiger charge is 2.17. The van der Waals surface area contributed by atoms with Crippen LogP contribution in [0.4, 0.5) is 11.4 Å². The number of fused-ring (bicyclic) bond motifs is 1. The van der Waals surface area contributed by atoms with Crippen LogP contribution in [0.2, 0.25) is 5.02 Å². The molecular formula is C16H13ClN2O2S. The van der Waals surface area contributed by atoms with Crippen LogP contribution in [0.5, 0.6) is 5.75 Å². The molecule has 2 aromatic carbocycles. The number of nitrogens with one attached hydrogen (secondary N) is 1. The Kier molecular flexibility index (Phi) is 3.92. The van der Waals surface area contributed by atoms with Gasteiger partial charge in [0.15, 0.2) is 0 Å². The average molecular weight is 333 g/mol. The van der Waals surface area contributed by atoms with Gasteiger partial charge in [0.25, 0.3) is 5.91 Å². The van der Waals surface area contributed by atoms with Crippen LogP contribution < -0.4 is 15.8 Å². The Morgan fingerprint density at radius 2 is 2.05 bits per heavy atom. The number of anilines is 2. The standard InChI is InChI=1S/C16H13ClN2O2S/c1-21-12-7-6-9(8-11(12)18)19-16(20)15-14(17)10-4-2-3-5-13(10)22-15/h2-8H,18H2,1H3,(H,19,20). The highest BCUT2D eigenvalue weighted by atomic mass is 35.5. The minimum atomic E-state index is -0.254. The summed E-state index contributed by atoms with van der Waals surface area (Å²) in [6.07, 6.45) is 0. The number of nitrogens with two attached hydrogens (primary N) is 1. The molecule has 1 amide bonds. The second-order valence-corrected chi connectivity index (χ2v) is 6.08. The number of carbonyl (C=O) groups is 1. The SMILES string of the molecule is COc1ccc(NC(=O)c2sc3ccccc3c2Cl)cc1N. The fourth-order valence-electron chi connectivity index (χ4n) is 2.16. The van der Waals surface area contributed by atoms with Crippen LogP contribution in [-0.4, -0.2) is 13.0 Å². The number of halogens is 1. The average Bonchev–Trinajstić information content (AvgIpc) is 2.85. The smallest absolute Gasteiger partial charge is 0.267 e. The second kappa shape index (κ2) is 5.87. The lowest BCUT2D eigenvalue weighted by molar-refractivity contribution is 0.103. The maximum atomic E-state index is 12.4. The summed E-state index contributed by atoms with van der Waals surface area (Å²) in [5, 5.41) is 4.16. The van der Waals surface area contributed by atoms with Crippen molar-refractivity contribution < 1.29 is 9.53 Å². The van der Waals surface area contributed by atoms with Crippen LogP contribution >= 0.6 is 22.9 Å². The first-order valence-electron chi connectivity index (χ1n) is 6.52. The van der Waals surface area contributed by atoms with Gasteiger partial charge in [-0.15, -0.1) is 11.3 Å². The third-order valence-corrected chi connectivity index (χ3v) is 4.90. The third-order valence-electron chi connectivity index (χ3n) is 3.23. The fourth-order valence-corrected chi connectivity index (χ4v) is 3.57. The highest BCUT2D eigenvalue weighted by Crippen LogP contribution is 2.35. The summed E-state index contributed by atoms with van der Waals surface area (Å²) in [6.45, 7) is 0. The molecule has 1 aromatic heterocycles. The molecule has 3 aromatic rings. The monoisotopic (exact) mass is 332 g/mol. The first-order valence-corrected chi connectivity index (χ1v) is 7.71. The van der Waals surface area contributed by atoms with E-state index in [2.05, 4.69) is 5.32 Å². The quantitative estimate of drug-likeness (QED) is 0.699. The summed E-state index contributed by atoms with van der Waals surface area (Å²) in [6, 6.07) is 12.7. The summed E-state index contributed by atoms with van der Waals surface area (Å²) < 4.78 is 6.07. The molecule has 3 N–H and O–H groups in total. The van der Waals surface area contributed by atoms with E-state index in [1.54, 1.807) is 25.3 Å². The summed E-state index contributed by atoms with van der Waals surface area (Å²) in [5.74, 6) is 0.314. The molecule has 0 fully saturated rings. The van der Waals surface area contributed by atoms with E-state index in [0.717, 1.165) is 10.1 Å². The van der Waals surface area contributed by atoms with E-state index in [1.165, 1.54) is 11.3 Å². The van der Waals surface area contributed by atoms with Crippen LogP contribution in [0.25, 0.3) is 10.1 Å². The van der Waals surface area contributed by atoms with E-state index >= 15 is 0 Å². The Labute approximate surface area is 136 Å². The first-order chi connectivity index (χ1) is 10.6. The first kappa shape index (κ1) is 14.7. The van der Waals surface area contributed by atoms with E-state index in [0.29, 0.717) is 27.0 Å². The van der Waals surface area contributed by atoms with E-state index in [9.17, 15) is 4.79 Å². The van der Waals surface area contributed by atoms with Gasteiger partial charge in [-0.25, -0.2) is 0 Å². The van der Waals surface area contributed by atoms with Crippen molar-refractivity contribution in [2.45, 2.75) is 0 Å². The van der Waals surface area contributed by atoms with Crippen molar-refractivity contribution >= 4 is 50.3 Å². The van der Waals surface area contributed by atoms with Gasteiger partial charge in [-0.2, -0.15) is 0 Å². The zero-order valence-electron chi connectivity index (χ0n) is 11.7. The van der Waals surface area contributed by atoms with Crippen LogP contribution in [-0.2, 0) is 0 Å². The number of amides is 1. The number of hydrogen-bond donors (Lipinski definition) is 2. The Morgan fingerprint density at radius 1 is 1.27 bits per heavy atom. The predicted octanol–water partition coefficient (Wildman–Crippen LogP) is 4.40. The van der Waals surface area contributed by atoms with Crippen molar-refractivity contribution in [3.8, 4) is 5.75 Å². The van der Waals surface area contributed by atoms with Crippen LogP contribution in [0.3, 0.4) is 0 Å². The van der Waals surface area contributed by atoms with Crippen molar-refractivity contribution in [1.82, 2.24) is 0 Å². The van der Waals surface area contributed by atoms with E-state index < -0.39 is 0 Å². The van der Waals surface area contributed by atoms with Gasteiger partial charge in [0.05, 0.1) is 17.8 Å². The van der Waals surface area contributed by atoms with Gasteiger partial charge in [0, 0.05) is 15.8 Å². The number of benzene rings is 2. The largest absolute Gasteiger partial charge is 0.495 e. The summed E-state index contributed by atoms with van der Waals surface area (Å²) in [4.78, 5) is 12.9. The van der Waals surface area contributed by atoms with Crippen molar-refractivity contribution in [2.75, 3.05) is 18.2 Å². The molecule has 0 aliphatic heterocycles.